The second-order valence-corrected chi connectivity index (χ2v) is 5.70. The minimum Gasteiger partial charge on any atom is -0.508 e. The Hall–Kier alpha value is -1.91. The lowest BCUT2D eigenvalue weighted by Crippen LogP contribution is -2.29. The summed E-state index contributed by atoms with van der Waals surface area (Å²) < 4.78 is 13.0. The Bertz CT molecular complexity index is 644. The van der Waals surface area contributed by atoms with Gasteiger partial charge in [-0.05, 0) is 50.3 Å². The largest absolute Gasteiger partial charge is 0.508 e. The number of ketones is 1. The number of phenols is 1. The summed E-state index contributed by atoms with van der Waals surface area (Å²) in [5.74, 6) is -0.473. The van der Waals surface area contributed by atoms with Crippen LogP contribution in [0, 0.1) is 11.7 Å². The van der Waals surface area contributed by atoms with Gasteiger partial charge in [0.2, 0.25) is 0 Å². The van der Waals surface area contributed by atoms with Gasteiger partial charge in [-0.25, -0.2) is 4.39 Å². The van der Waals surface area contributed by atoms with Gasteiger partial charge < -0.3 is 10.0 Å². The Morgan fingerprint density at radius 3 is 2.39 bits per heavy atom. The maximum absolute atomic E-state index is 13.0. The number of benzene rings is 2. The van der Waals surface area contributed by atoms with Gasteiger partial charge in [0.1, 0.15) is 11.6 Å². The normalized spacial score (nSPS) is 11.8. The molecule has 0 aliphatic rings. The molecule has 124 valence electrons. The van der Waals surface area contributed by atoms with Crippen LogP contribution in [0.3, 0.4) is 0 Å². The number of hydrogen-bond donors (Lipinski definition) is 1. The van der Waals surface area contributed by atoms with Crippen molar-refractivity contribution in [3.8, 4) is 5.75 Å². The molecule has 0 amide bonds. The maximum atomic E-state index is 13.0. The highest BCUT2D eigenvalue weighted by Crippen LogP contribution is 2.19. The van der Waals surface area contributed by atoms with Crippen LogP contribution < -0.4 is 0 Å². The first-order valence-electron chi connectivity index (χ1n) is 7.18. The van der Waals surface area contributed by atoms with Crippen LogP contribution in [0.4, 0.5) is 4.39 Å². The van der Waals surface area contributed by atoms with Crippen molar-refractivity contribution in [2.75, 3.05) is 20.6 Å². The highest BCUT2D eigenvalue weighted by atomic mass is 35.5. The zero-order chi connectivity index (χ0) is 16.1. The van der Waals surface area contributed by atoms with Gasteiger partial charge in [-0.3, -0.25) is 4.79 Å². The molecule has 2 aromatic rings. The molecular formula is C18H21ClFNO2. The molecule has 0 aliphatic heterocycles. The predicted molar refractivity (Wildman–Crippen MR) is 91.8 cm³/mol. The fourth-order valence-electron chi connectivity index (χ4n) is 2.48. The van der Waals surface area contributed by atoms with Gasteiger partial charge in [-0.15, -0.1) is 12.4 Å². The van der Waals surface area contributed by atoms with E-state index in [4.69, 9.17) is 0 Å². The Labute approximate surface area is 142 Å². The minimum absolute atomic E-state index is 0. The minimum atomic E-state index is -0.285. The molecule has 0 aromatic heterocycles. The zero-order valence-electron chi connectivity index (χ0n) is 13.2. The Balaban J connectivity index is 0.00000264. The summed E-state index contributed by atoms with van der Waals surface area (Å²) >= 11 is 0. The van der Waals surface area contributed by atoms with E-state index in [1.54, 1.807) is 24.3 Å². The second kappa shape index (κ2) is 8.65. The van der Waals surface area contributed by atoms with Crippen LogP contribution in [0.25, 0.3) is 0 Å². The third kappa shape index (κ3) is 5.66. The smallest absolute Gasteiger partial charge is 0.167 e. The van der Waals surface area contributed by atoms with Gasteiger partial charge in [0.05, 0.1) is 0 Å². The van der Waals surface area contributed by atoms with Gasteiger partial charge in [0.15, 0.2) is 5.78 Å². The van der Waals surface area contributed by atoms with Crippen LogP contribution in [0.1, 0.15) is 15.9 Å². The number of nitrogens with zero attached hydrogens (tertiary/aromatic N) is 1. The molecular weight excluding hydrogens is 317 g/mol. The molecule has 0 saturated heterocycles. The summed E-state index contributed by atoms with van der Waals surface area (Å²) in [6.45, 7) is 0.589. The van der Waals surface area contributed by atoms with Crippen LogP contribution in [0.2, 0.25) is 0 Å². The Kier molecular flexibility index (Phi) is 7.20. The van der Waals surface area contributed by atoms with Gasteiger partial charge in [-0.2, -0.15) is 0 Å². The second-order valence-electron chi connectivity index (χ2n) is 5.70. The third-order valence-electron chi connectivity index (χ3n) is 3.48. The molecule has 5 heteroatoms. The Morgan fingerprint density at radius 2 is 1.83 bits per heavy atom. The van der Waals surface area contributed by atoms with Gasteiger partial charge in [-0.1, -0.05) is 24.3 Å². The summed E-state index contributed by atoms with van der Waals surface area (Å²) in [5, 5.41) is 9.54. The van der Waals surface area contributed by atoms with Crippen LogP contribution in [0.5, 0.6) is 5.75 Å². The van der Waals surface area contributed by atoms with E-state index in [1.807, 2.05) is 19.0 Å². The van der Waals surface area contributed by atoms with E-state index in [1.165, 1.54) is 24.3 Å². The third-order valence-corrected chi connectivity index (χ3v) is 3.48. The SMILES string of the molecule is CN(C)C[C@H](Cc1ccc(F)cc1)C(=O)c1cccc(O)c1.Cl. The molecule has 0 spiro atoms. The van der Waals surface area contributed by atoms with Crippen molar-refractivity contribution in [2.24, 2.45) is 5.92 Å². The average molecular weight is 338 g/mol. The molecule has 0 saturated carbocycles. The fraction of sp³-hybridized carbons (Fsp3) is 0.278. The van der Waals surface area contributed by atoms with Crippen LogP contribution in [-0.4, -0.2) is 36.4 Å². The number of aromatic hydroxyl groups is 1. The average Bonchev–Trinajstić information content (AvgIpc) is 2.47. The van der Waals surface area contributed by atoms with E-state index in [2.05, 4.69) is 0 Å². The lowest BCUT2D eigenvalue weighted by Gasteiger charge is -2.20. The van der Waals surface area contributed by atoms with Crippen molar-refractivity contribution in [3.63, 3.8) is 0 Å². The van der Waals surface area contributed by atoms with Crippen molar-refractivity contribution in [3.05, 3.63) is 65.5 Å². The molecule has 0 radical (unpaired) electrons. The number of halogens is 2. The maximum Gasteiger partial charge on any atom is 0.167 e. The quantitative estimate of drug-likeness (QED) is 0.819. The first kappa shape index (κ1) is 19.1. The van der Waals surface area contributed by atoms with E-state index in [0.29, 0.717) is 18.5 Å². The molecule has 1 atom stereocenters. The molecule has 2 rings (SSSR count). The summed E-state index contributed by atoms with van der Waals surface area (Å²) in [4.78, 5) is 14.6. The highest BCUT2D eigenvalue weighted by Gasteiger charge is 2.21. The standard InChI is InChI=1S/C18H20FNO2.ClH/c1-20(2)12-15(10-13-6-8-16(19)9-7-13)18(22)14-4-3-5-17(21)11-14;/h3-9,11,15,21H,10,12H2,1-2H3;1H/t15-;/m0./s1. The lowest BCUT2D eigenvalue weighted by atomic mass is 9.90. The van der Waals surface area contributed by atoms with Gasteiger partial charge >= 0.3 is 0 Å². The van der Waals surface area contributed by atoms with Crippen molar-refractivity contribution in [2.45, 2.75) is 6.42 Å². The first-order chi connectivity index (χ1) is 10.5. The number of hydrogen-bond acceptors (Lipinski definition) is 3. The topological polar surface area (TPSA) is 40.5 Å². The molecule has 0 bridgehead atoms. The van der Waals surface area contributed by atoms with Crippen LogP contribution in [0.15, 0.2) is 48.5 Å². The van der Waals surface area contributed by atoms with E-state index < -0.39 is 0 Å². The number of rotatable bonds is 6. The fourth-order valence-corrected chi connectivity index (χ4v) is 2.48. The monoisotopic (exact) mass is 337 g/mol. The lowest BCUT2D eigenvalue weighted by molar-refractivity contribution is 0.0896. The molecule has 0 unspecified atom stereocenters. The van der Waals surface area contributed by atoms with Crippen molar-refractivity contribution in [1.29, 1.82) is 0 Å². The number of phenolic OH excluding ortho intramolecular Hbond substituents is 1. The van der Waals surface area contributed by atoms with E-state index in [0.717, 1.165) is 5.56 Å². The zero-order valence-corrected chi connectivity index (χ0v) is 14.0. The molecule has 0 heterocycles. The molecule has 1 N–H and O–H groups in total. The van der Waals surface area contributed by atoms with Crippen LogP contribution in [-0.2, 0) is 6.42 Å². The molecule has 0 aliphatic carbocycles. The predicted octanol–water partition coefficient (Wildman–Crippen LogP) is 3.56. The number of Topliss-reactive ketones (excluding diaryl/α,β-unsaturated/α-hetero) is 1. The van der Waals surface area contributed by atoms with Crippen molar-refractivity contribution >= 4 is 18.2 Å². The molecule has 3 nitrogen and oxygen atoms in total. The number of carbonyl (C=O) groups excluding carboxylic acids is 1. The molecule has 0 fully saturated rings. The first-order valence-corrected chi connectivity index (χ1v) is 7.18. The highest BCUT2D eigenvalue weighted by molar-refractivity contribution is 5.98. The number of carbonyl (C=O) groups is 1. The van der Waals surface area contributed by atoms with Crippen molar-refractivity contribution in [1.82, 2.24) is 4.90 Å². The van der Waals surface area contributed by atoms with E-state index >= 15 is 0 Å². The summed E-state index contributed by atoms with van der Waals surface area (Å²) in [6, 6.07) is 12.6. The van der Waals surface area contributed by atoms with Gasteiger partial charge in [0.25, 0.3) is 0 Å². The summed E-state index contributed by atoms with van der Waals surface area (Å²) in [6.07, 6.45) is 0.535. The van der Waals surface area contributed by atoms with E-state index in [9.17, 15) is 14.3 Å². The van der Waals surface area contributed by atoms with Crippen molar-refractivity contribution < 1.29 is 14.3 Å². The summed E-state index contributed by atoms with van der Waals surface area (Å²) in [7, 11) is 3.82. The van der Waals surface area contributed by atoms with Crippen LogP contribution >= 0.6 is 12.4 Å². The molecule has 2 aromatic carbocycles. The van der Waals surface area contributed by atoms with Gasteiger partial charge in [0, 0.05) is 18.0 Å². The Morgan fingerprint density at radius 1 is 1.17 bits per heavy atom. The van der Waals surface area contributed by atoms with E-state index in [-0.39, 0.29) is 35.7 Å². The molecule has 23 heavy (non-hydrogen) atoms. The summed E-state index contributed by atoms with van der Waals surface area (Å²) in [5.41, 5.74) is 1.41.